The molecule has 1 aliphatic carbocycles. The minimum Gasteiger partial charge on any atom is -0.348 e. The van der Waals surface area contributed by atoms with Crippen molar-refractivity contribution in [1.29, 1.82) is 0 Å². The molecule has 0 saturated carbocycles. The average molecular weight is 399 g/mol. The van der Waals surface area contributed by atoms with E-state index in [9.17, 15) is 13.2 Å². The van der Waals surface area contributed by atoms with Crippen molar-refractivity contribution in [1.82, 2.24) is 9.62 Å². The number of carbonyl (C=O) groups is 1. The number of carbonyl (C=O) groups excluding carboxylic acids is 1. The molecule has 0 radical (unpaired) electrons. The summed E-state index contributed by atoms with van der Waals surface area (Å²) >= 11 is 0. The van der Waals surface area contributed by atoms with Gasteiger partial charge in [0.05, 0.1) is 11.8 Å². The van der Waals surface area contributed by atoms with Gasteiger partial charge >= 0.3 is 0 Å². The predicted molar refractivity (Wildman–Crippen MR) is 109 cm³/mol. The maximum absolute atomic E-state index is 13.2. The number of hydrogen-bond donors (Lipinski definition) is 1. The summed E-state index contributed by atoms with van der Waals surface area (Å²) in [6, 6.07) is 15.2. The van der Waals surface area contributed by atoms with Gasteiger partial charge in [-0.1, -0.05) is 48.5 Å². The number of nitrogens with zero attached hydrogens (tertiary/aromatic N) is 1. The molecule has 5 nitrogen and oxygen atoms in total. The SMILES string of the molecule is CCS(=O)(=O)N1Cc2ccccc2CC1C(=O)NC1CCCc2ccccc21. The third-order valence-corrected chi connectivity index (χ3v) is 7.74. The number of benzene rings is 2. The maximum atomic E-state index is 13.2. The highest BCUT2D eigenvalue weighted by atomic mass is 32.2. The van der Waals surface area contributed by atoms with Crippen molar-refractivity contribution in [2.75, 3.05) is 5.75 Å². The Kier molecular flexibility index (Phi) is 5.25. The predicted octanol–water partition coefficient (Wildman–Crippen LogP) is 2.96. The summed E-state index contributed by atoms with van der Waals surface area (Å²) in [4.78, 5) is 13.2. The summed E-state index contributed by atoms with van der Waals surface area (Å²) in [6.45, 7) is 1.88. The second-order valence-electron chi connectivity index (χ2n) is 7.59. The van der Waals surface area contributed by atoms with Gasteiger partial charge in [0.1, 0.15) is 6.04 Å². The lowest BCUT2D eigenvalue weighted by molar-refractivity contribution is -0.126. The molecule has 0 aromatic heterocycles. The number of aryl methyl sites for hydroxylation is 1. The molecule has 1 N–H and O–H groups in total. The normalized spacial score (nSPS) is 22.2. The van der Waals surface area contributed by atoms with Crippen molar-refractivity contribution in [2.24, 2.45) is 0 Å². The molecule has 2 atom stereocenters. The Morgan fingerprint density at radius 2 is 1.75 bits per heavy atom. The molecule has 148 valence electrons. The topological polar surface area (TPSA) is 66.5 Å². The number of nitrogens with one attached hydrogen (secondary N) is 1. The van der Waals surface area contributed by atoms with E-state index in [-0.39, 0.29) is 24.2 Å². The zero-order chi connectivity index (χ0) is 19.7. The fourth-order valence-electron chi connectivity index (χ4n) is 4.35. The number of amides is 1. The first-order chi connectivity index (χ1) is 13.5. The minimum atomic E-state index is -3.49. The lowest BCUT2D eigenvalue weighted by Crippen LogP contribution is -2.53. The fraction of sp³-hybridized carbons (Fsp3) is 0.409. The molecule has 6 heteroatoms. The molecule has 2 aromatic carbocycles. The lowest BCUT2D eigenvalue weighted by Gasteiger charge is -2.36. The van der Waals surface area contributed by atoms with Crippen LogP contribution < -0.4 is 5.32 Å². The molecule has 1 aliphatic heterocycles. The van der Waals surface area contributed by atoms with Crippen LogP contribution in [0.4, 0.5) is 0 Å². The van der Waals surface area contributed by atoms with Crippen molar-refractivity contribution >= 4 is 15.9 Å². The number of sulfonamides is 1. The van der Waals surface area contributed by atoms with Gasteiger partial charge in [0, 0.05) is 6.54 Å². The smallest absolute Gasteiger partial charge is 0.239 e. The van der Waals surface area contributed by atoms with Gasteiger partial charge in [0.2, 0.25) is 15.9 Å². The van der Waals surface area contributed by atoms with Crippen molar-refractivity contribution in [3.63, 3.8) is 0 Å². The Hall–Kier alpha value is -2.18. The lowest BCUT2D eigenvalue weighted by atomic mass is 9.87. The highest BCUT2D eigenvalue weighted by molar-refractivity contribution is 7.89. The van der Waals surface area contributed by atoms with Crippen LogP contribution in [0.1, 0.15) is 48.1 Å². The molecule has 4 rings (SSSR count). The van der Waals surface area contributed by atoms with Crippen LogP contribution in [-0.4, -0.2) is 30.4 Å². The zero-order valence-electron chi connectivity index (χ0n) is 16.1. The Balaban J connectivity index is 1.62. The van der Waals surface area contributed by atoms with Gasteiger partial charge in [0.15, 0.2) is 0 Å². The van der Waals surface area contributed by atoms with E-state index in [2.05, 4.69) is 17.4 Å². The second-order valence-corrected chi connectivity index (χ2v) is 9.80. The number of rotatable bonds is 4. The third kappa shape index (κ3) is 3.59. The van der Waals surface area contributed by atoms with E-state index in [1.54, 1.807) is 6.92 Å². The van der Waals surface area contributed by atoms with Crippen molar-refractivity contribution in [3.05, 3.63) is 70.8 Å². The average Bonchev–Trinajstić information content (AvgIpc) is 2.73. The van der Waals surface area contributed by atoms with E-state index in [1.165, 1.54) is 9.87 Å². The van der Waals surface area contributed by atoms with Crippen LogP contribution in [0.2, 0.25) is 0 Å². The van der Waals surface area contributed by atoms with Crippen LogP contribution in [0.3, 0.4) is 0 Å². The number of hydrogen-bond acceptors (Lipinski definition) is 3. The van der Waals surface area contributed by atoms with Gasteiger partial charge in [0.25, 0.3) is 0 Å². The molecule has 0 bridgehead atoms. The molecule has 0 fully saturated rings. The summed E-state index contributed by atoms with van der Waals surface area (Å²) < 4.78 is 26.8. The largest absolute Gasteiger partial charge is 0.348 e. The minimum absolute atomic E-state index is 0.00872. The Labute approximate surface area is 166 Å². The molecule has 0 spiro atoms. The van der Waals surface area contributed by atoms with Crippen LogP contribution in [-0.2, 0) is 34.2 Å². The van der Waals surface area contributed by atoms with Crippen LogP contribution >= 0.6 is 0 Å². The van der Waals surface area contributed by atoms with Gasteiger partial charge < -0.3 is 5.32 Å². The summed E-state index contributed by atoms with van der Waals surface area (Å²) in [5, 5.41) is 3.16. The van der Waals surface area contributed by atoms with Crippen molar-refractivity contribution < 1.29 is 13.2 Å². The summed E-state index contributed by atoms with van der Waals surface area (Å²) in [6.07, 6.45) is 3.34. The van der Waals surface area contributed by atoms with Crippen LogP contribution in [0.25, 0.3) is 0 Å². The maximum Gasteiger partial charge on any atom is 0.239 e. The first-order valence-corrected chi connectivity index (χ1v) is 11.5. The standard InChI is InChI=1S/C22H26N2O3S/c1-2-28(26,27)24-15-18-10-4-3-9-17(18)14-21(24)22(25)23-20-13-7-11-16-8-5-6-12-19(16)20/h3-6,8-10,12,20-21H,2,7,11,13-15H2,1H3,(H,23,25). The van der Waals surface area contributed by atoms with Gasteiger partial charge in [-0.2, -0.15) is 4.31 Å². The molecule has 2 aromatic rings. The van der Waals surface area contributed by atoms with Gasteiger partial charge in [-0.15, -0.1) is 0 Å². The van der Waals surface area contributed by atoms with Gasteiger partial charge in [-0.3, -0.25) is 4.79 Å². The molecule has 1 heterocycles. The molecule has 28 heavy (non-hydrogen) atoms. The third-order valence-electron chi connectivity index (χ3n) is 5.92. The van der Waals surface area contributed by atoms with Crippen molar-refractivity contribution in [2.45, 2.75) is 51.2 Å². The van der Waals surface area contributed by atoms with E-state index in [0.717, 1.165) is 36.0 Å². The second kappa shape index (κ2) is 7.68. The quantitative estimate of drug-likeness (QED) is 0.861. The molecular weight excluding hydrogens is 372 g/mol. The van der Waals surface area contributed by atoms with Crippen LogP contribution in [0.15, 0.2) is 48.5 Å². The van der Waals surface area contributed by atoms with Gasteiger partial charge in [-0.05, 0) is 54.9 Å². The van der Waals surface area contributed by atoms with E-state index < -0.39 is 16.1 Å². The van der Waals surface area contributed by atoms with E-state index in [4.69, 9.17) is 0 Å². The monoisotopic (exact) mass is 398 g/mol. The van der Waals surface area contributed by atoms with Crippen LogP contribution in [0, 0.1) is 0 Å². The summed E-state index contributed by atoms with van der Waals surface area (Å²) in [5.41, 5.74) is 4.45. The molecule has 1 amide bonds. The number of fused-ring (bicyclic) bond motifs is 2. The molecular formula is C22H26N2O3S. The Bertz CT molecular complexity index is 987. The van der Waals surface area contributed by atoms with E-state index in [1.807, 2.05) is 36.4 Å². The van der Waals surface area contributed by atoms with Crippen molar-refractivity contribution in [3.8, 4) is 0 Å². The first-order valence-electron chi connectivity index (χ1n) is 9.94. The van der Waals surface area contributed by atoms with E-state index in [0.29, 0.717) is 6.42 Å². The zero-order valence-corrected chi connectivity index (χ0v) is 16.9. The Morgan fingerprint density at radius 3 is 2.50 bits per heavy atom. The molecule has 2 aliphatic rings. The molecule has 0 saturated heterocycles. The fourth-order valence-corrected chi connectivity index (χ4v) is 5.58. The summed E-state index contributed by atoms with van der Waals surface area (Å²) in [7, 11) is -3.49. The highest BCUT2D eigenvalue weighted by Crippen LogP contribution is 2.31. The summed E-state index contributed by atoms with van der Waals surface area (Å²) in [5.74, 6) is -0.209. The Morgan fingerprint density at radius 1 is 1.07 bits per heavy atom. The van der Waals surface area contributed by atoms with E-state index >= 15 is 0 Å². The first kappa shape index (κ1) is 19.2. The highest BCUT2D eigenvalue weighted by Gasteiger charge is 2.38. The van der Waals surface area contributed by atoms with Gasteiger partial charge in [-0.25, -0.2) is 8.42 Å². The molecule has 2 unspecified atom stereocenters. The van der Waals surface area contributed by atoms with Crippen LogP contribution in [0.5, 0.6) is 0 Å².